The van der Waals surface area contributed by atoms with Crippen LogP contribution in [-0.4, -0.2) is 17.1 Å². The van der Waals surface area contributed by atoms with Crippen LogP contribution in [0.25, 0.3) is 0 Å². The summed E-state index contributed by atoms with van der Waals surface area (Å²) in [6.45, 7) is 2.80. The van der Waals surface area contributed by atoms with Gasteiger partial charge in [-0.15, -0.1) is 0 Å². The number of hydrogen-bond donors (Lipinski definition) is 2. The van der Waals surface area contributed by atoms with Crippen LogP contribution < -0.4 is 15.8 Å². The number of ether oxygens (including phenoxy) is 1. The van der Waals surface area contributed by atoms with Crippen molar-refractivity contribution >= 4 is 11.6 Å². The number of benzene rings is 1. The van der Waals surface area contributed by atoms with E-state index in [-0.39, 0.29) is 0 Å². The van der Waals surface area contributed by atoms with Crippen molar-refractivity contribution in [3.8, 4) is 5.75 Å². The molecule has 0 radical (unpaired) electrons. The Hall–Kier alpha value is -2.30. The second-order valence-electron chi connectivity index (χ2n) is 4.16. The van der Waals surface area contributed by atoms with Crippen molar-refractivity contribution in [3.05, 3.63) is 41.7 Å². The van der Waals surface area contributed by atoms with Crippen molar-refractivity contribution in [1.82, 2.24) is 9.97 Å². The molecule has 0 amide bonds. The maximum atomic E-state index is 5.72. The first-order chi connectivity index (χ1) is 9.24. The molecule has 100 valence electrons. The Labute approximate surface area is 112 Å². The number of hydrogen-bond acceptors (Lipinski definition) is 5. The molecule has 0 aliphatic carbocycles. The summed E-state index contributed by atoms with van der Waals surface area (Å²) in [6, 6.07) is 8.46. The van der Waals surface area contributed by atoms with Gasteiger partial charge in [0.1, 0.15) is 6.33 Å². The van der Waals surface area contributed by atoms with Gasteiger partial charge in [0.15, 0.2) is 11.6 Å². The van der Waals surface area contributed by atoms with E-state index in [0.29, 0.717) is 23.9 Å². The molecule has 0 aliphatic heterocycles. The van der Waals surface area contributed by atoms with Gasteiger partial charge in [-0.2, -0.15) is 0 Å². The van der Waals surface area contributed by atoms with Crippen molar-refractivity contribution < 1.29 is 4.74 Å². The molecule has 0 fully saturated rings. The third-order valence-corrected chi connectivity index (χ3v) is 2.93. The van der Waals surface area contributed by atoms with Crippen molar-refractivity contribution in [2.45, 2.75) is 19.9 Å². The topological polar surface area (TPSA) is 73.1 Å². The molecule has 0 bridgehead atoms. The fraction of sp³-hybridized carbons (Fsp3) is 0.286. The molecule has 2 rings (SSSR count). The Morgan fingerprint density at radius 3 is 2.47 bits per heavy atom. The molecule has 0 atom stereocenters. The standard InChI is InChI=1S/C14H18N4O/c1-3-10-4-6-11(7-5-10)8-16-14-12(19-2)13(15)17-9-18-14/h4-7,9H,3,8H2,1-2H3,(H3,15,16,17,18). The lowest BCUT2D eigenvalue weighted by Crippen LogP contribution is -2.06. The van der Waals surface area contributed by atoms with Gasteiger partial charge in [0.25, 0.3) is 0 Å². The van der Waals surface area contributed by atoms with E-state index in [2.05, 4.69) is 46.5 Å². The molecule has 0 spiro atoms. The van der Waals surface area contributed by atoms with Crippen LogP contribution in [0.15, 0.2) is 30.6 Å². The molecular formula is C14H18N4O. The number of rotatable bonds is 5. The number of nitrogen functional groups attached to an aromatic ring is 1. The van der Waals surface area contributed by atoms with E-state index in [1.54, 1.807) is 7.11 Å². The Kier molecular flexibility index (Phi) is 4.18. The van der Waals surface area contributed by atoms with Gasteiger partial charge in [0.05, 0.1) is 7.11 Å². The fourth-order valence-corrected chi connectivity index (χ4v) is 1.79. The highest BCUT2D eigenvalue weighted by molar-refractivity contribution is 5.61. The van der Waals surface area contributed by atoms with Crippen LogP contribution in [-0.2, 0) is 13.0 Å². The normalized spacial score (nSPS) is 10.2. The summed E-state index contributed by atoms with van der Waals surface area (Å²) in [5, 5.41) is 3.20. The number of nitrogens with two attached hydrogens (primary N) is 1. The van der Waals surface area contributed by atoms with Crippen LogP contribution in [0.1, 0.15) is 18.1 Å². The molecule has 3 N–H and O–H groups in total. The second kappa shape index (κ2) is 6.04. The fourth-order valence-electron chi connectivity index (χ4n) is 1.79. The highest BCUT2D eigenvalue weighted by atomic mass is 16.5. The summed E-state index contributed by atoms with van der Waals surface area (Å²) < 4.78 is 5.19. The van der Waals surface area contributed by atoms with Gasteiger partial charge in [-0.05, 0) is 17.5 Å². The van der Waals surface area contributed by atoms with Gasteiger partial charge in [-0.25, -0.2) is 9.97 Å². The number of aryl methyl sites for hydroxylation is 1. The largest absolute Gasteiger partial charge is 0.490 e. The lowest BCUT2D eigenvalue weighted by atomic mass is 10.1. The Morgan fingerprint density at radius 1 is 1.16 bits per heavy atom. The molecule has 0 saturated heterocycles. The minimum absolute atomic E-state index is 0.335. The summed E-state index contributed by atoms with van der Waals surface area (Å²) in [7, 11) is 1.55. The Bertz CT molecular complexity index is 540. The van der Waals surface area contributed by atoms with Crippen LogP contribution in [0.5, 0.6) is 5.75 Å². The first-order valence-electron chi connectivity index (χ1n) is 6.20. The lowest BCUT2D eigenvalue weighted by Gasteiger charge is -2.11. The van der Waals surface area contributed by atoms with E-state index in [1.807, 2.05) is 0 Å². The van der Waals surface area contributed by atoms with Crippen molar-refractivity contribution in [2.24, 2.45) is 0 Å². The number of nitrogens with zero attached hydrogens (tertiary/aromatic N) is 2. The first kappa shape index (κ1) is 13.1. The zero-order valence-corrected chi connectivity index (χ0v) is 11.2. The molecule has 1 aromatic carbocycles. The van der Waals surface area contributed by atoms with Crippen LogP contribution in [0.2, 0.25) is 0 Å². The summed E-state index contributed by atoms with van der Waals surface area (Å²) in [4.78, 5) is 8.02. The first-order valence-corrected chi connectivity index (χ1v) is 6.20. The van der Waals surface area contributed by atoms with Crippen LogP contribution in [0.3, 0.4) is 0 Å². The average molecular weight is 258 g/mol. The molecule has 5 heteroatoms. The SMILES string of the molecule is CCc1ccc(CNc2ncnc(N)c2OC)cc1. The predicted octanol–water partition coefficient (Wildman–Crippen LogP) is 2.24. The van der Waals surface area contributed by atoms with Gasteiger partial charge < -0.3 is 15.8 Å². The van der Waals surface area contributed by atoms with Gasteiger partial charge in [0.2, 0.25) is 5.75 Å². The molecule has 0 saturated carbocycles. The summed E-state index contributed by atoms with van der Waals surface area (Å²) >= 11 is 0. The maximum Gasteiger partial charge on any atom is 0.203 e. The monoisotopic (exact) mass is 258 g/mol. The number of anilines is 2. The minimum Gasteiger partial charge on any atom is -0.490 e. The summed E-state index contributed by atoms with van der Waals surface area (Å²) in [5.41, 5.74) is 8.23. The third kappa shape index (κ3) is 3.13. The van der Waals surface area contributed by atoms with E-state index in [0.717, 1.165) is 6.42 Å². The molecule has 2 aromatic rings. The van der Waals surface area contributed by atoms with E-state index >= 15 is 0 Å². The molecule has 19 heavy (non-hydrogen) atoms. The van der Waals surface area contributed by atoms with E-state index in [1.165, 1.54) is 17.5 Å². The molecule has 5 nitrogen and oxygen atoms in total. The van der Waals surface area contributed by atoms with Crippen LogP contribution in [0, 0.1) is 0 Å². The zero-order valence-electron chi connectivity index (χ0n) is 11.2. The number of methoxy groups -OCH3 is 1. The molecule has 1 aromatic heterocycles. The van der Waals surface area contributed by atoms with Crippen molar-refractivity contribution in [2.75, 3.05) is 18.2 Å². The van der Waals surface area contributed by atoms with Gasteiger partial charge in [-0.1, -0.05) is 31.2 Å². The number of nitrogens with one attached hydrogen (secondary N) is 1. The Balaban J connectivity index is 2.07. The quantitative estimate of drug-likeness (QED) is 0.860. The average Bonchev–Trinajstić information content (AvgIpc) is 2.45. The van der Waals surface area contributed by atoms with Crippen LogP contribution in [0.4, 0.5) is 11.6 Å². The molecule has 0 aliphatic rings. The lowest BCUT2D eigenvalue weighted by molar-refractivity contribution is 0.415. The summed E-state index contributed by atoms with van der Waals surface area (Å²) in [6.07, 6.45) is 2.46. The zero-order chi connectivity index (χ0) is 13.7. The van der Waals surface area contributed by atoms with Gasteiger partial charge in [-0.3, -0.25) is 0 Å². The second-order valence-corrected chi connectivity index (χ2v) is 4.16. The van der Waals surface area contributed by atoms with E-state index < -0.39 is 0 Å². The molecule has 1 heterocycles. The highest BCUT2D eigenvalue weighted by Gasteiger charge is 2.08. The van der Waals surface area contributed by atoms with Gasteiger partial charge in [0, 0.05) is 6.54 Å². The van der Waals surface area contributed by atoms with Crippen LogP contribution >= 0.6 is 0 Å². The minimum atomic E-state index is 0.335. The van der Waals surface area contributed by atoms with E-state index in [9.17, 15) is 0 Å². The number of aromatic nitrogens is 2. The van der Waals surface area contributed by atoms with Crippen molar-refractivity contribution in [1.29, 1.82) is 0 Å². The molecular weight excluding hydrogens is 240 g/mol. The summed E-state index contributed by atoms with van der Waals surface area (Å²) in [5.74, 6) is 1.42. The maximum absolute atomic E-state index is 5.72. The third-order valence-electron chi connectivity index (χ3n) is 2.93. The van der Waals surface area contributed by atoms with Crippen molar-refractivity contribution in [3.63, 3.8) is 0 Å². The predicted molar refractivity (Wildman–Crippen MR) is 76.1 cm³/mol. The van der Waals surface area contributed by atoms with Gasteiger partial charge >= 0.3 is 0 Å². The highest BCUT2D eigenvalue weighted by Crippen LogP contribution is 2.26. The van der Waals surface area contributed by atoms with E-state index in [4.69, 9.17) is 10.5 Å². The Morgan fingerprint density at radius 2 is 1.84 bits per heavy atom. The molecule has 0 unspecified atom stereocenters. The smallest absolute Gasteiger partial charge is 0.203 e.